The lowest BCUT2D eigenvalue weighted by molar-refractivity contribution is 0.0603. The molecule has 0 N–H and O–H groups in total. The van der Waals surface area contributed by atoms with E-state index in [1.54, 1.807) is 30.3 Å². The van der Waals surface area contributed by atoms with E-state index in [4.69, 9.17) is 9.47 Å². The van der Waals surface area contributed by atoms with Crippen LogP contribution < -0.4 is 4.74 Å². The molecular formula is C22H24N2O6S. The lowest BCUT2D eigenvalue weighted by Gasteiger charge is -2.14. The molecule has 0 saturated heterocycles. The van der Waals surface area contributed by atoms with Gasteiger partial charge in [-0.2, -0.15) is 0 Å². The summed E-state index contributed by atoms with van der Waals surface area (Å²) >= 11 is 0. The third-order valence-electron chi connectivity index (χ3n) is 5.02. The normalized spacial score (nSPS) is 11.6. The molecule has 0 aliphatic rings. The number of hydrogen-bond donors (Lipinski definition) is 0. The van der Waals surface area contributed by atoms with Crippen LogP contribution in [0.5, 0.6) is 5.75 Å². The highest BCUT2D eigenvalue weighted by molar-refractivity contribution is 7.89. The molecule has 164 valence electrons. The quantitative estimate of drug-likeness (QED) is 0.520. The number of methoxy groups -OCH3 is 2. The van der Waals surface area contributed by atoms with Crippen molar-refractivity contribution in [1.82, 2.24) is 8.87 Å². The number of aryl methyl sites for hydroxylation is 1. The van der Waals surface area contributed by atoms with Gasteiger partial charge in [0.15, 0.2) is 0 Å². The third-order valence-corrected chi connectivity index (χ3v) is 6.84. The first-order valence-corrected chi connectivity index (χ1v) is 11.0. The van der Waals surface area contributed by atoms with Gasteiger partial charge < -0.3 is 9.47 Å². The monoisotopic (exact) mass is 444 g/mol. The number of sulfonamides is 1. The Bertz CT molecular complexity index is 1240. The van der Waals surface area contributed by atoms with Gasteiger partial charge in [-0.15, -0.1) is 0 Å². The summed E-state index contributed by atoms with van der Waals surface area (Å²) in [5.74, 6) is -0.265. The predicted octanol–water partition coefficient (Wildman–Crippen LogP) is 2.96. The number of rotatable bonds is 7. The van der Waals surface area contributed by atoms with Gasteiger partial charge in [0.05, 0.1) is 30.2 Å². The minimum absolute atomic E-state index is 0.0844. The van der Waals surface area contributed by atoms with E-state index in [0.717, 1.165) is 4.31 Å². The number of carbonyl (C=O) groups excluding carboxylic acids is 2. The molecular weight excluding hydrogens is 420 g/mol. The Morgan fingerprint density at radius 3 is 2.42 bits per heavy atom. The molecule has 0 saturated carbocycles. The standard InChI is InChI=1S/C22H24N2O6S/c1-23(2)31(27,28)16-10-11-20(29-3)15(13-16)9-12-21(25)24-14-18(22(26)30-4)17-7-5-6-8-19(17)24/h5-8,10-11,13-14H,9,12H2,1-4H3. The summed E-state index contributed by atoms with van der Waals surface area (Å²) in [6.45, 7) is 0. The maximum absolute atomic E-state index is 13.0. The number of ether oxygens (including phenoxy) is 2. The smallest absolute Gasteiger partial charge is 0.340 e. The van der Waals surface area contributed by atoms with Crippen LogP contribution in [-0.4, -0.2) is 57.5 Å². The molecule has 0 amide bonds. The molecule has 1 aromatic heterocycles. The Morgan fingerprint density at radius 1 is 1.06 bits per heavy atom. The second-order valence-electron chi connectivity index (χ2n) is 7.08. The Hall–Kier alpha value is -3.17. The summed E-state index contributed by atoms with van der Waals surface area (Å²) in [7, 11) is 2.08. The van der Waals surface area contributed by atoms with Crippen LogP contribution in [0.2, 0.25) is 0 Å². The van der Waals surface area contributed by atoms with Gasteiger partial charge >= 0.3 is 5.97 Å². The van der Waals surface area contributed by atoms with Crippen LogP contribution in [0, 0.1) is 0 Å². The van der Waals surface area contributed by atoms with Gasteiger partial charge in [0, 0.05) is 32.1 Å². The molecule has 1 heterocycles. The van der Waals surface area contributed by atoms with Gasteiger partial charge in [-0.25, -0.2) is 17.5 Å². The molecule has 3 rings (SSSR count). The fourth-order valence-electron chi connectivity index (χ4n) is 3.34. The van der Waals surface area contributed by atoms with Crippen molar-refractivity contribution in [3.05, 3.63) is 59.8 Å². The zero-order valence-corrected chi connectivity index (χ0v) is 18.6. The zero-order chi connectivity index (χ0) is 22.8. The highest BCUT2D eigenvalue weighted by Crippen LogP contribution is 2.26. The molecule has 0 unspecified atom stereocenters. The Kier molecular flexibility index (Phi) is 6.47. The van der Waals surface area contributed by atoms with Gasteiger partial charge in [0.1, 0.15) is 5.75 Å². The number of nitrogens with zero attached hydrogens (tertiary/aromatic N) is 2. The molecule has 0 spiro atoms. The third kappa shape index (κ3) is 4.33. The minimum atomic E-state index is -3.62. The number of para-hydroxylation sites is 1. The molecule has 0 radical (unpaired) electrons. The summed E-state index contributed by atoms with van der Waals surface area (Å²) in [5, 5.41) is 0.624. The lowest BCUT2D eigenvalue weighted by atomic mass is 10.1. The highest BCUT2D eigenvalue weighted by Gasteiger charge is 2.21. The Morgan fingerprint density at radius 2 is 1.77 bits per heavy atom. The summed E-state index contributed by atoms with van der Waals surface area (Å²) in [6.07, 6.45) is 1.82. The van der Waals surface area contributed by atoms with Crippen molar-refractivity contribution in [2.75, 3.05) is 28.3 Å². The van der Waals surface area contributed by atoms with Crippen molar-refractivity contribution in [2.24, 2.45) is 0 Å². The molecule has 0 aliphatic carbocycles. The molecule has 0 bridgehead atoms. The van der Waals surface area contributed by atoms with E-state index in [2.05, 4.69) is 0 Å². The fraction of sp³-hybridized carbons (Fsp3) is 0.273. The molecule has 0 atom stereocenters. The van der Waals surface area contributed by atoms with Crippen LogP contribution in [0.25, 0.3) is 10.9 Å². The summed E-state index contributed by atoms with van der Waals surface area (Å²) < 4.78 is 37.6. The van der Waals surface area contributed by atoms with E-state index in [-0.39, 0.29) is 23.6 Å². The maximum Gasteiger partial charge on any atom is 0.340 e. The van der Waals surface area contributed by atoms with Crippen LogP contribution in [-0.2, 0) is 21.2 Å². The molecule has 31 heavy (non-hydrogen) atoms. The first kappa shape index (κ1) is 22.5. The van der Waals surface area contributed by atoms with Crippen LogP contribution in [0.1, 0.15) is 27.1 Å². The topological polar surface area (TPSA) is 94.9 Å². The second-order valence-corrected chi connectivity index (χ2v) is 9.23. The van der Waals surface area contributed by atoms with E-state index in [9.17, 15) is 18.0 Å². The first-order valence-electron chi connectivity index (χ1n) is 9.51. The van der Waals surface area contributed by atoms with Crippen molar-refractivity contribution in [1.29, 1.82) is 0 Å². The largest absolute Gasteiger partial charge is 0.496 e. The average Bonchev–Trinajstić information content (AvgIpc) is 3.16. The molecule has 8 nitrogen and oxygen atoms in total. The van der Waals surface area contributed by atoms with Crippen LogP contribution in [0.15, 0.2) is 53.6 Å². The number of benzene rings is 2. The molecule has 3 aromatic rings. The number of fused-ring (bicyclic) bond motifs is 1. The molecule has 0 fully saturated rings. The number of hydrogen-bond acceptors (Lipinski definition) is 6. The summed E-state index contributed by atoms with van der Waals surface area (Å²) in [6, 6.07) is 11.7. The van der Waals surface area contributed by atoms with Gasteiger partial charge in [-0.3, -0.25) is 9.36 Å². The summed E-state index contributed by atoms with van der Waals surface area (Å²) in [5.41, 5.74) is 1.51. The number of aromatic nitrogens is 1. The van der Waals surface area contributed by atoms with E-state index in [1.807, 2.05) is 0 Å². The lowest BCUT2D eigenvalue weighted by Crippen LogP contribution is -2.22. The van der Waals surface area contributed by atoms with Crippen LogP contribution in [0.3, 0.4) is 0 Å². The van der Waals surface area contributed by atoms with Crippen molar-refractivity contribution in [3.63, 3.8) is 0 Å². The zero-order valence-electron chi connectivity index (χ0n) is 17.8. The second kappa shape index (κ2) is 8.91. The molecule has 2 aromatic carbocycles. The van der Waals surface area contributed by atoms with Gasteiger partial charge in [0.25, 0.3) is 0 Å². The SMILES string of the molecule is COC(=O)c1cn(C(=O)CCc2cc(S(=O)(=O)N(C)C)ccc2OC)c2ccccc12. The molecule has 9 heteroatoms. The van der Waals surface area contributed by atoms with Crippen molar-refractivity contribution in [3.8, 4) is 5.75 Å². The predicted molar refractivity (Wildman–Crippen MR) is 116 cm³/mol. The summed E-state index contributed by atoms with van der Waals surface area (Å²) in [4.78, 5) is 25.2. The molecule has 0 aliphatic heterocycles. The van der Waals surface area contributed by atoms with Gasteiger partial charge in [0.2, 0.25) is 15.9 Å². The number of carbonyl (C=O) groups is 2. The van der Waals surface area contributed by atoms with E-state index in [1.165, 1.54) is 51.2 Å². The van der Waals surface area contributed by atoms with E-state index < -0.39 is 16.0 Å². The van der Waals surface area contributed by atoms with E-state index in [0.29, 0.717) is 27.8 Å². The van der Waals surface area contributed by atoms with Gasteiger partial charge in [-0.1, -0.05) is 18.2 Å². The van der Waals surface area contributed by atoms with Crippen molar-refractivity contribution >= 4 is 32.8 Å². The van der Waals surface area contributed by atoms with Crippen LogP contribution in [0.4, 0.5) is 0 Å². The first-order chi connectivity index (χ1) is 14.7. The van der Waals surface area contributed by atoms with Gasteiger partial charge in [-0.05, 0) is 36.2 Å². The Balaban J connectivity index is 1.92. The Labute approximate surface area is 181 Å². The number of esters is 1. The highest BCUT2D eigenvalue weighted by atomic mass is 32.2. The van der Waals surface area contributed by atoms with Crippen molar-refractivity contribution in [2.45, 2.75) is 17.7 Å². The fourth-order valence-corrected chi connectivity index (χ4v) is 4.30. The van der Waals surface area contributed by atoms with Crippen LogP contribution >= 0.6 is 0 Å². The average molecular weight is 445 g/mol. The minimum Gasteiger partial charge on any atom is -0.496 e. The van der Waals surface area contributed by atoms with E-state index >= 15 is 0 Å². The maximum atomic E-state index is 13.0. The van der Waals surface area contributed by atoms with Crippen molar-refractivity contribution < 1.29 is 27.5 Å².